The summed E-state index contributed by atoms with van der Waals surface area (Å²) in [5.74, 6) is -0.397. The number of carbonyl (C=O) groups excluding carboxylic acids is 3. The molecule has 2 aromatic carbocycles. The van der Waals surface area contributed by atoms with Crippen LogP contribution in [0.1, 0.15) is 49.1 Å². The van der Waals surface area contributed by atoms with Gasteiger partial charge in [-0.15, -0.1) is 0 Å². The number of hydrogen-bond donors (Lipinski definition) is 2. The molecule has 0 bridgehead atoms. The molecule has 4 amide bonds. The molecule has 0 radical (unpaired) electrons. The van der Waals surface area contributed by atoms with Gasteiger partial charge in [-0.2, -0.15) is 0 Å². The van der Waals surface area contributed by atoms with E-state index in [1.807, 2.05) is 77.1 Å². The molecule has 2 aliphatic heterocycles. The number of carbonyl (C=O) groups is 3. The number of benzene rings is 2. The van der Waals surface area contributed by atoms with Gasteiger partial charge in [-0.1, -0.05) is 54.1 Å². The highest BCUT2D eigenvalue weighted by Gasteiger charge is 2.47. The molecule has 2 N–H and O–H groups in total. The lowest BCUT2D eigenvalue weighted by atomic mass is 9.91. The molecule has 0 fully saturated rings. The van der Waals surface area contributed by atoms with Crippen LogP contribution in [0.4, 0.5) is 4.79 Å². The number of hydrogen-bond acceptors (Lipinski definition) is 3. The van der Waals surface area contributed by atoms with Crippen molar-refractivity contribution in [3.05, 3.63) is 82.1 Å². The SMILES string of the molecule is CCN1C(=O)N[C@@H](c2ccc(C)cc2C)C2=C1CN([C@@H](Cc1ccccc1)C(=O)NC(C)C)C2=O. The van der Waals surface area contributed by atoms with Gasteiger partial charge in [0.15, 0.2) is 0 Å². The topological polar surface area (TPSA) is 81.8 Å². The van der Waals surface area contributed by atoms with Crippen molar-refractivity contribution in [1.82, 2.24) is 20.4 Å². The Morgan fingerprint density at radius 1 is 1.11 bits per heavy atom. The van der Waals surface area contributed by atoms with Crippen LogP contribution in [-0.2, 0) is 16.0 Å². The lowest BCUT2D eigenvalue weighted by Crippen LogP contribution is -2.51. The highest BCUT2D eigenvalue weighted by atomic mass is 16.2. The van der Waals surface area contributed by atoms with Gasteiger partial charge in [0, 0.05) is 19.0 Å². The van der Waals surface area contributed by atoms with Gasteiger partial charge in [0.2, 0.25) is 5.91 Å². The molecule has 0 saturated carbocycles. The first kappa shape index (κ1) is 24.5. The molecule has 35 heavy (non-hydrogen) atoms. The number of aryl methyl sites for hydroxylation is 2. The quantitative estimate of drug-likeness (QED) is 0.643. The number of amides is 4. The fourth-order valence-corrected chi connectivity index (χ4v) is 5.04. The average molecular weight is 475 g/mol. The number of urea groups is 1. The zero-order chi connectivity index (χ0) is 25.3. The molecule has 0 saturated heterocycles. The Labute approximate surface area is 207 Å². The van der Waals surface area contributed by atoms with Crippen molar-refractivity contribution in [2.24, 2.45) is 0 Å². The Morgan fingerprint density at radius 3 is 2.46 bits per heavy atom. The van der Waals surface area contributed by atoms with Crippen LogP contribution >= 0.6 is 0 Å². The van der Waals surface area contributed by atoms with Crippen LogP contribution in [0.5, 0.6) is 0 Å². The van der Waals surface area contributed by atoms with E-state index in [4.69, 9.17) is 0 Å². The second-order valence-electron chi connectivity index (χ2n) is 9.65. The van der Waals surface area contributed by atoms with Crippen LogP contribution in [0, 0.1) is 13.8 Å². The van der Waals surface area contributed by atoms with Crippen molar-refractivity contribution in [2.45, 2.75) is 59.2 Å². The molecular formula is C28H34N4O3. The number of nitrogens with zero attached hydrogens (tertiary/aromatic N) is 2. The number of rotatable bonds is 7. The highest BCUT2D eigenvalue weighted by molar-refractivity contribution is 6.03. The van der Waals surface area contributed by atoms with E-state index >= 15 is 0 Å². The third-order valence-electron chi connectivity index (χ3n) is 6.68. The first-order valence-electron chi connectivity index (χ1n) is 12.2. The molecule has 2 aliphatic rings. The molecule has 2 aromatic rings. The third-order valence-corrected chi connectivity index (χ3v) is 6.68. The second kappa shape index (κ2) is 9.94. The molecule has 0 unspecified atom stereocenters. The van der Waals surface area contributed by atoms with Crippen molar-refractivity contribution in [1.29, 1.82) is 0 Å². The minimum Gasteiger partial charge on any atom is -0.352 e. The van der Waals surface area contributed by atoms with Gasteiger partial charge >= 0.3 is 6.03 Å². The van der Waals surface area contributed by atoms with E-state index < -0.39 is 12.1 Å². The normalized spacial score (nSPS) is 18.6. The van der Waals surface area contributed by atoms with Crippen LogP contribution in [0.25, 0.3) is 0 Å². The van der Waals surface area contributed by atoms with Crippen molar-refractivity contribution in [3.63, 3.8) is 0 Å². The maximum atomic E-state index is 14.0. The lowest BCUT2D eigenvalue weighted by Gasteiger charge is -2.33. The summed E-state index contributed by atoms with van der Waals surface area (Å²) in [6.07, 6.45) is 0.396. The molecule has 184 valence electrons. The second-order valence-corrected chi connectivity index (χ2v) is 9.65. The predicted octanol–water partition coefficient (Wildman–Crippen LogP) is 3.62. The van der Waals surface area contributed by atoms with Crippen LogP contribution in [0.3, 0.4) is 0 Å². The Balaban J connectivity index is 1.74. The van der Waals surface area contributed by atoms with E-state index in [1.54, 1.807) is 9.80 Å². The minimum absolute atomic E-state index is 0.0561. The maximum absolute atomic E-state index is 14.0. The lowest BCUT2D eigenvalue weighted by molar-refractivity contribution is -0.136. The monoisotopic (exact) mass is 474 g/mol. The van der Waals surface area contributed by atoms with E-state index in [0.29, 0.717) is 24.2 Å². The van der Waals surface area contributed by atoms with E-state index in [-0.39, 0.29) is 30.4 Å². The Bertz CT molecular complexity index is 1170. The number of nitrogens with one attached hydrogen (secondary N) is 2. The zero-order valence-corrected chi connectivity index (χ0v) is 21.1. The maximum Gasteiger partial charge on any atom is 0.322 e. The third kappa shape index (κ3) is 4.81. The van der Waals surface area contributed by atoms with Crippen molar-refractivity contribution < 1.29 is 14.4 Å². The molecule has 2 heterocycles. The molecule has 0 spiro atoms. The predicted molar refractivity (Wildman–Crippen MR) is 136 cm³/mol. The van der Waals surface area contributed by atoms with Crippen LogP contribution in [-0.4, -0.2) is 52.8 Å². The summed E-state index contributed by atoms with van der Waals surface area (Å²) >= 11 is 0. The molecule has 0 aliphatic carbocycles. The van der Waals surface area contributed by atoms with Crippen LogP contribution < -0.4 is 10.6 Å². The fourth-order valence-electron chi connectivity index (χ4n) is 5.04. The Morgan fingerprint density at radius 2 is 1.83 bits per heavy atom. The van der Waals surface area contributed by atoms with E-state index in [2.05, 4.69) is 16.7 Å². The first-order chi connectivity index (χ1) is 16.7. The van der Waals surface area contributed by atoms with Crippen molar-refractivity contribution in [2.75, 3.05) is 13.1 Å². The molecule has 0 aromatic heterocycles. The zero-order valence-electron chi connectivity index (χ0n) is 21.1. The summed E-state index contributed by atoms with van der Waals surface area (Å²) in [6, 6.07) is 14.2. The van der Waals surface area contributed by atoms with Crippen molar-refractivity contribution >= 4 is 17.8 Å². The Kier molecular flexibility index (Phi) is 6.96. The summed E-state index contributed by atoms with van der Waals surface area (Å²) < 4.78 is 0. The van der Waals surface area contributed by atoms with E-state index in [9.17, 15) is 14.4 Å². The fraction of sp³-hybridized carbons (Fsp3) is 0.393. The molecule has 7 heteroatoms. The summed E-state index contributed by atoms with van der Waals surface area (Å²) in [4.78, 5) is 43.6. The van der Waals surface area contributed by atoms with Gasteiger partial charge in [-0.3, -0.25) is 14.5 Å². The number of likely N-dealkylation sites (N-methyl/N-ethyl adjacent to an activating group) is 1. The van der Waals surface area contributed by atoms with Crippen molar-refractivity contribution in [3.8, 4) is 0 Å². The Hall–Kier alpha value is -3.61. The molecule has 2 atom stereocenters. The van der Waals surface area contributed by atoms with E-state index in [1.165, 1.54) is 0 Å². The van der Waals surface area contributed by atoms with Gasteiger partial charge < -0.3 is 15.5 Å². The minimum atomic E-state index is -0.688. The summed E-state index contributed by atoms with van der Waals surface area (Å²) in [6.45, 7) is 10.4. The van der Waals surface area contributed by atoms with Gasteiger partial charge in [0.05, 0.1) is 23.9 Å². The molecule has 7 nitrogen and oxygen atoms in total. The van der Waals surface area contributed by atoms with Gasteiger partial charge in [-0.05, 0) is 51.3 Å². The summed E-state index contributed by atoms with van der Waals surface area (Å²) in [5.41, 5.74) is 5.23. The highest BCUT2D eigenvalue weighted by Crippen LogP contribution is 2.38. The van der Waals surface area contributed by atoms with Gasteiger partial charge in [-0.25, -0.2) is 4.79 Å². The van der Waals surface area contributed by atoms with Crippen LogP contribution in [0.2, 0.25) is 0 Å². The summed E-state index contributed by atoms with van der Waals surface area (Å²) in [5, 5.41) is 6.03. The first-order valence-corrected chi connectivity index (χ1v) is 12.2. The molecular weight excluding hydrogens is 440 g/mol. The van der Waals surface area contributed by atoms with Crippen LogP contribution in [0.15, 0.2) is 59.8 Å². The van der Waals surface area contributed by atoms with E-state index in [0.717, 1.165) is 22.3 Å². The smallest absolute Gasteiger partial charge is 0.322 e. The van der Waals surface area contributed by atoms with Gasteiger partial charge in [0.1, 0.15) is 6.04 Å². The average Bonchev–Trinajstić information content (AvgIpc) is 3.14. The standard InChI is InChI=1S/C28H34N4O3/c1-6-31-23-16-32(22(26(33)29-17(2)3)15-20-10-8-7-9-11-20)27(34)24(23)25(30-28(31)35)21-13-12-18(4)14-19(21)5/h7-14,17,22,25H,6,15-16H2,1-5H3,(H,29,33)(H,30,35)/t22-,25-/m0/s1. The summed E-state index contributed by atoms with van der Waals surface area (Å²) in [7, 11) is 0. The largest absolute Gasteiger partial charge is 0.352 e. The molecule has 4 rings (SSSR count). The van der Waals surface area contributed by atoms with Gasteiger partial charge in [0.25, 0.3) is 5.91 Å².